The highest BCUT2D eigenvalue weighted by Crippen LogP contribution is 2.10. The number of alkyl halides is 1. The zero-order valence-electron chi connectivity index (χ0n) is 9.00. The van der Waals surface area contributed by atoms with Gasteiger partial charge >= 0.3 is 0 Å². The second kappa shape index (κ2) is 6.46. The maximum absolute atomic E-state index is 5.79. The van der Waals surface area contributed by atoms with E-state index in [1.165, 1.54) is 5.56 Å². The summed E-state index contributed by atoms with van der Waals surface area (Å²) in [6.45, 7) is 5.12. The SMILES string of the molecule is CC(CCl)C(C)NCc1cncc(Br)c1. The summed E-state index contributed by atoms with van der Waals surface area (Å²) < 4.78 is 1.01. The summed E-state index contributed by atoms with van der Waals surface area (Å²) in [5.41, 5.74) is 1.18. The minimum absolute atomic E-state index is 0.418. The van der Waals surface area contributed by atoms with Crippen LogP contribution in [0.2, 0.25) is 0 Å². The van der Waals surface area contributed by atoms with Crippen molar-refractivity contribution >= 4 is 27.5 Å². The molecule has 1 N–H and O–H groups in total. The van der Waals surface area contributed by atoms with Crippen LogP contribution < -0.4 is 5.32 Å². The zero-order chi connectivity index (χ0) is 11.3. The quantitative estimate of drug-likeness (QED) is 0.843. The van der Waals surface area contributed by atoms with Gasteiger partial charge in [0.25, 0.3) is 0 Å². The van der Waals surface area contributed by atoms with Gasteiger partial charge < -0.3 is 5.32 Å². The molecule has 0 spiro atoms. The molecule has 15 heavy (non-hydrogen) atoms. The Hall–Kier alpha value is -0.120. The molecule has 2 unspecified atom stereocenters. The van der Waals surface area contributed by atoms with Crippen LogP contribution in [0.25, 0.3) is 0 Å². The number of pyridine rings is 1. The van der Waals surface area contributed by atoms with E-state index in [4.69, 9.17) is 11.6 Å². The van der Waals surface area contributed by atoms with Gasteiger partial charge in [-0.25, -0.2) is 0 Å². The number of nitrogens with one attached hydrogen (secondary N) is 1. The fourth-order valence-electron chi connectivity index (χ4n) is 1.17. The molecule has 1 aromatic heterocycles. The monoisotopic (exact) mass is 290 g/mol. The second-order valence-corrected chi connectivity index (χ2v) is 5.04. The van der Waals surface area contributed by atoms with E-state index >= 15 is 0 Å². The molecular formula is C11H16BrClN2. The van der Waals surface area contributed by atoms with Gasteiger partial charge in [0.2, 0.25) is 0 Å². The molecule has 0 aliphatic heterocycles. The first-order chi connectivity index (χ1) is 7.13. The Morgan fingerprint density at radius 2 is 2.20 bits per heavy atom. The van der Waals surface area contributed by atoms with Gasteiger partial charge in [0.1, 0.15) is 0 Å². The van der Waals surface area contributed by atoms with Crippen molar-refractivity contribution in [2.45, 2.75) is 26.4 Å². The van der Waals surface area contributed by atoms with Crippen molar-refractivity contribution in [3.63, 3.8) is 0 Å². The number of hydrogen-bond acceptors (Lipinski definition) is 2. The molecule has 2 atom stereocenters. The van der Waals surface area contributed by atoms with Crippen molar-refractivity contribution in [1.29, 1.82) is 0 Å². The van der Waals surface area contributed by atoms with E-state index in [9.17, 15) is 0 Å². The third-order valence-corrected chi connectivity index (χ3v) is 3.41. The Labute approximate surface area is 105 Å². The lowest BCUT2D eigenvalue weighted by molar-refractivity contribution is 0.429. The van der Waals surface area contributed by atoms with Crippen molar-refractivity contribution in [1.82, 2.24) is 10.3 Å². The highest BCUT2D eigenvalue weighted by Gasteiger charge is 2.09. The van der Waals surface area contributed by atoms with Crippen LogP contribution in [0.4, 0.5) is 0 Å². The van der Waals surface area contributed by atoms with E-state index in [0.29, 0.717) is 17.8 Å². The third kappa shape index (κ3) is 4.49. The molecule has 0 amide bonds. The molecule has 1 rings (SSSR count). The number of hydrogen-bond donors (Lipinski definition) is 1. The van der Waals surface area contributed by atoms with E-state index in [1.807, 2.05) is 6.20 Å². The molecule has 0 bridgehead atoms. The molecule has 0 aromatic carbocycles. The molecule has 0 aliphatic rings. The highest BCUT2D eigenvalue weighted by atomic mass is 79.9. The normalized spacial score (nSPS) is 14.9. The second-order valence-electron chi connectivity index (χ2n) is 3.81. The van der Waals surface area contributed by atoms with Crippen LogP contribution >= 0.6 is 27.5 Å². The van der Waals surface area contributed by atoms with Crippen LogP contribution in [0.3, 0.4) is 0 Å². The maximum atomic E-state index is 5.79. The van der Waals surface area contributed by atoms with Gasteiger partial charge in [-0.3, -0.25) is 4.98 Å². The summed E-state index contributed by atoms with van der Waals surface area (Å²) in [5, 5.41) is 3.43. The van der Waals surface area contributed by atoms with Crippen molar-refractivity contribution in [3.8, 4) is 0 Å². The molecule has 1 aromatic rings. The summed E-state index contributed by atoms with van der Waals surface area (Å²) >= 11 is 9.19. The van der Waals surface area contributed by atoms with E-state index in [2.05, 4.69) is 46.1 Å². The van der Waals surface area contributed by atoms with Gasteiger partial charge in [-0.15, -0.1) is 11.6 Å². The summed E-state index contributed by atoms with van der Waals surface area (Å²) in [7, 11) is 0. The van der Waals surface area contributed by atoms with Gasteiger partial charge in [0, 0.05) is 35.3 Å². The van der Waals surface area contributed by atoms with Crippen LogP contribution in [0.5, 0.6) is 0 Å². The number of nitrogens with zero attached hydrogens (tertiary/aromatic N) is 1. The third-order valence-electron chi connectivity index (χ3n) is 2.49. The number of halogens is 2. The molecule has 2 nitrogen and oxygen atoms in total. The Morgan fingerprint density at radius 1 is 1.47 bits per heavy atom. The van der Waals surface area contributed by atoms with Gasteiger partial charge in [0.15, 0.2) is 0 Å². The summed E-state index contributed by atoms with van der Waals surface area (Å²) in [6.07, 6.45) is 3.66. The van der Waals surface area contributed by atoms with Gasteiger partial charge in [-0.05, 0) is 40.4 Å². The van der Waals surface area contributed by atoms with Gasteiger partial charge in [-0.2, -0.15) is 0 Å². The van der Waals surface area contributed by atoms with E-state index in [-0.39, 0.29) is 0 Å². The first kappa shape index (κ1) is 12.9. The lowest BCUT2D eigenvalue weighted by Crippen LogP contribution is -2.32. The molecule has 0 saturated carbocycles. The lowest BCUT2D eigenvalue weighted by atomic mass is 10.1. The van der Waals surface area contributed by atoms with E-state index < -0.39 is 0 Å². The van der Waals surface area contributed by atoms with Crippen LogP contribution in [0.1, 0.15) is 19.4 Å². The average molecular weight is 292 g/mol. The van der Waals surface area contributed by atoms with E-state index in [0.717, 1.165) is 11.0 Å². The summed E-state index contributed by atoms with van der Waals surface area (Å²) in [6, 6.07) is 2.49. The van der Waals surface area contributed by atoms with Crippen LogP contribution in [-0.2, 0) is 6.54 Å². The fraction of sp³-hybridized carbons (Fsp3) is 0.545. The van der Waals surface area contributed by atoms with Crippen LogP contribution in [0, 0.1) is 5.92 Å². The average Bonchev–Trinajstić information content (AvgIpc) is 2.25. The minimum atomic E-state index is 0.418. The van der Waals surface area contributed by atoms with Crippen molar-refractivity contribution in [3.05, 3.63) is 28.5 Å². The minimum Gasteiger partial charge on any atom is -0.310 e. The molecular weight excluding hydrogens is 275 g/mol. The van der Waals surface area contributed by atoms with Gasteiger partial charge in [-0.1, -0.05) is 6.92 Å². The summed E-state index contributed by atoms with van der Waals surface area (Å²) in [5.74, 6) is 1.16. The molecule has 4 heteroatoms. The van der Waals surface area contributed by atoms with Crippen LogP contribution in [-0.4, -0.2) is 16.9 Å². The predicted octanol–water partition coefficient (Wildman–Crippen LogP) is 3.20. The number of rotatable bonds is 5. The molecule has 0 saturated heterocycles. The first-order valence-corrected chi connectivity index (χ1v) is 6.35. The maximum Gasteiger partial charge on any atom is 0.0410 e. The van der Waals surface area contributed by atoms with E-state index in [1.54, 1.807) is 6.20 Å². The molecule has 0 fully saturated rings. The van der Waals surface area contributed by atoms with Crippen LogP contribution in [0.15, 0.2) is 22.9 Å². The fourth-order valence-corrected chi connectivity index (χ4v) is 1.85. The highest BCUT2D eigenvalue weighted by molar-refractivity contribution is 9.10. The number of aromatic nitrogens is 1. The Balaban J connectivity index is 2.43. The smallest absolute Gasteiger partial charge is 0.0410 e. The standard InChI is InChI=1S/C11H16BrClN2/c1-8(4-13)9(2)15-6-10-3-11(12)7-14-5-10/h3,5,7-9,15H,4,6H2,1-2H3. The molecule has 1 heterocycles. The lowest BCUT2D eigenvalue weighted by Gasteiger charge is -2.19. The molecule has 0 aliphatic carbocycles. The Kier molecular flexibility index (Phi) is 5.58. The van der Waals surface area contributed by atoms with Crippen molar-refractivity contribution < 1.29 is 0 Å². The first-order valence-electron chi connectivity index (χ1n) is 5.02. The topological polar surface area (TPSA) is 24.9 Å². The Bertz CT molecular complexity index is 306. The molecule has 0 radical (unpaired) electrons. The van der Waals surface area contributed by atoms with Gasteiger partial charge in [0.05, 0.1) is 0 Å². The predicted molar refractivity (Wildman–Crippen MR) is 68.1 cm³/mol. The van der Waals surface area contributed by atoms with Crippen molar-refractivity contribution in [2.24, 2.45) is 5.92 Å². The molecule has 84 valence electrons. The largest absolute Gasteiger partial charge is 0.310 e. The summed E-state index contributed by atoms with van der Waals surface area (Å²) in [4.78, 5) is 4.11. The Morgan fingerprint density at radius 3 is 2.80 bits per heavy atom. The van der Waals surface area contributed by atoms with Crippen molar-refractivity contribution in [2.75, 3.05) is 5.88 Å². The zero-order valence-corrected chi connectivity index (χ0v) is 11.3.